The molecule has 3 heteroatoms. The van der Waals surface area contributed by atoms with Crippen LogP contribution < -0.4 is 4.74 Å². The zero-order valence-corrected chi connectivity index (χ0v) is 14.2. The highest BCUT2D eigenvalue weighted by atomic mass is 16.5. The van der Waals surface area contributed by atoms with Crippen LogP contribution in [0.2, 0.25) is 0 Å². The number of hydrogen-bond acceptors (Lipinski definition) is 3. The summed E-state index contributed by atoms with van der Waals surface area (Å²) < 4.78 is 6.11. The standard InChI is InChI=1S/C23H18N2O/c1-2-8-18(9-3-1)17-26-22-14-13-19-10-4-5-11-20(19)21(22)16-25-23-12-6-7-15-24-23/h1-16H,17H2. The summed E-state index contributed by atoms with van der Waals surface area (Å²) in [6, 6.07) is 28.2. The van der Waals surface area contributed by atoms with Crippen LogP contribution in [0.25, 0.3) is 10.8 Å². The lowest BCUT2D eigenvalue weighted by Gasteiger charge is -2.12. The molecule has 0 radical (unpaired) electrons. The lowest BCUT2D eigenvalue weighted by atomic mass is 10.0. The van der Waals surface area contributed by atoms with Crippen LogP contribution in [0.5, 0.6) is 5.75 Å². The smallest absolute Gasteiger partial charge is 0.151 e. The SMILES string of the molecule is C(=Nc1ccccn1)c1c(OCc2ccccc2)ccc2ccccc12. The number of ether oxygens (including phenoxy) is 1. The Morgan fingerprint density at radius 2 is 1.62 bits per heavy atom. The van der Waals surface area contributed by atoms with E-state index in [4.69, 9.17) is 4.74 Å². The molecule has 4 rings (SSSR count). The molecular formula is C23H18N2O. The van der Waals surface area contributed by atoms with Gasteiger partial charge in [0.1, 0.15) is 12.4 Å². The first-order chi connectivity index (χ1) is 12.9. The number of nitrogens with zero attached hydrogens (tertiary/aromatic N) is 2. The molecule has 0 aliphatic heterocycles. The van der Waals surface area contributed by atoms with Gasteiger partial charge in [0.05, 0.1) is 0 Å². The van der Waals surface area contributed by atoms with Crippen LogP contribution in [0.1, 0.15) is 11.1 Å². The first-order valence-electron chi connectivity index (χ1n) is 8.54. The molecule has 0 amide bonds. The average Bonchev–Trinajstić information content (AvgIpc) is 2.72. The Kier molecular flexibility index (Phi) is 4.70. The van der Waals surface area contributed by atoms with Gasteiger partial charge < -0.3 is 4.74 Å². The molecule has 0 fully saturated rings. The quantitative estimate of drug-likeness (QED) is 0.446. The number of aromatic nitrogens is 1. The molecule has 0 saturated carbocycles. The third kappa shape index (κ3) is 3.62. The molecular weight excluding hydrogens is 320 g/mol. The zero-order chi connectivity index (χ0) is 17.6. The molecule has 0 spiro atoms. The maximum atomic E-state index is 6.11. The van der Waals surface area contributed by atoms with Crippen molar-refractivity contribution >= 4 is 22.8 Å². The van der Waals surface area contributed by atoms with Gasteiger partial charge in [-0.1, -0.05) is 66.7 Å². The second-order valence-corrected chi connectivity index (χ2v) is 5.92. The Morgan fingerprint density at radius 3 is 2.46 bits per heavy atom. The van der Waals surface area contributed by atoms with Gasteiger partial charge in [0.15, 0.2) is 5.82 Å². The van der Waals surface area contributed by atoms with E-state index in [1.807, 2.05) is 60.8 Å². The summed E-state index contributed by atoms with van der Waals surface area (Å²) in [5, 5.41) is 2.26. The Morgan fingerprint density at radius 1 is 0.808 bits per heavy atom. The zero-order valence-electron chi connectivity index (χ0n) is 14.2. The van der Waals surface area contributed by atoms with E-state index in [0.717, 1.165) is 27.6 Å². The Hall–Kier alpha value is -3.46. The predicted molar refractivity (Wildman–Crippen MR) is 106 cm³/mol. The van der Waals surface area contributed by atoms with Crippen molar-refractivity contribution in [3.8, 4) is 5.75 Å². The Bertz CT molecular complexity index is 1030. The van der Waals surface area contributed by atoms with Gasteiger partial charge >= 0.3 is 0 Å². The van der Waals surface area contributed by atoms with Gasteiger partial charge in [0, 0.05) is 18.0 Å². The van der Waals surface area contributed by atoms with Crippen molar-refractivity contribution in [1.29, 1.82) is 0 Å². The molecule has 0 atom stereocenters. The van der Waals surface area contributed by atoms with E-state index in [9.17, 15) is 0 Å². The minimum absolute atomic E-state index is 0.517. The Labute approximate surface area is 152 Å². The van der Waals surface area contributed by atoms with Gasteiger partial charge in [0.2, 0.25) is 0 Å². The fraction of sp³-hybridized carbons (Fsp3) is 0.0435. The molecule has 0 aliphatic carbocycles. The number of rotatable bonds is 5. The molecule has 0 aliphatic rings. The highest BCUT2D eigenvalue weighted by Crippen LogP contribution is 2.28. The van der Waals surface area contributed by atoms with E-state index >= 15 is 0 Å². The van der Waals surface area contributed by atoms with E-state index in [2.05, 4.69) is 40.3 Å². The van der Waals surface area contributed by atoms with Crippen molar-refractivity contribution in [3.05, 3.63) is 102 Å². The van der Waals surface area contributed by atoms with Crippen molar-refractivity contribution in [3.63, 3.8) is 0 Å². The number of fused-ring (bicyclic) bond motifs is 1. The predicted octanol–water partition coefficient (Wildman–Crippen LogP) is 5.56. The van der Waals surface area contributed by atoms with Crippen LogP contribution in [0.15, 0.2) is 96.1 Å². The summed E-state index contributed by atoms with van der Waals surface area (Å²) in [5.41, 5.74) is 2.10. The number of hydrogen-bond donors (Lipinski definition) is 0. The molecule has 0 bridgehead atoms. The second-order valence-electron chi connectivity index (χ2n) is 5.92. The topological polar surface area (TPSA) is 34.5 Å². The number of aliphatic imine (C=N–C) groups is 1. The summed E-state index contributed by atoms with van der Waals surface area (Å²) >= 11 is 0. The monoisotopic (exact) mass is 338 g/mol. The minimum atomic E-state index is 0.517. The fourth-order valence-electron chi connectivity index (χ4n) is 2.83. The Balaban J connectivity index is 1.71. The van der Waals surface area contributed by atoms with E-state index in [0.29, 0.717) is 12.4 Å². The maximum absolute atomic E-state index is 6.11. The molecule has 1 heterocycles. The van der Waals surface area contributed by atoms with Gasteiger partial charge in [-0.15, -0.1) is 0 Å². The number of benzene rings is 3. The average molecular weight is 338 g/mol. The van der Waals surface area contributed by atoms with Crippen molar-refractivity contribution in [2.75, 3.05) is 0 Å². The summed E-state index contributed by atoms with van der Waals surface area (Å²) in [4.78, 5) is 8.78. The maximum Gasteiger partial charge on any atom is 0.151 e. The summed E-state index contributed by atoms with van der Waals surface area (Å²) in [7, 11) is 0. The molecule has 126 valence electrons. The van der Waals surface area contributed by atoms with Crippen LogP contribution in [0, 0.1) is 0 Å². The largest absolute Gasteiger partial charge is 0.488 e. The van der Waals surface area contributed by atoms with Crippen molar-refractivity contribution < 1.29 is 4.74 Å². The van der Waals surface area contributed by atoms with Crippen LogP contribution in [-0.4, -0.2) is 11.2 Å². The third-order valence-corrected chi connectivity index (χ3v) is 4.14. The third-order valence-electron chi connectivity index (χ3n) is 4.14. The highest BCUT2D eigenvalue weighted by molar-refractivity contribution is 6.03. The van der Waals surface area contributed by atoms with Crippen LogP contribution >= 0.6 is 0 Å². The van der Waals surface area contributed by atoms with Gasteiger partial charge in [-0.05, 0) is 34.5 Å². The first kappa shape index (κ1) is 16.0. The first-order valence-corrected chi connectivity index (χ1v) is 8.54. The van der Waals surface area contributed by atoms with Crippen molar-refractivity contribution in [1.82, 2.24) is 4.98 Å². The van der Waals surface area contributed by atoms with Crippen molar-refractivity contribution in [2.24, 2.45) is 4.99 Å². The van der Waals surface area contributed by atoms with Crippen molar-refractivity contribution in [2.45, 2.75) is 6.61 Å². The lowest BCUT2D eigenvalue weighted by molar-refractivity contribution is 0.306. The molecule has 0 unspecified atom stereocenters. The molecule has 26 heavy (non-hydrogen) atoms. The number of pyridine rings is 1. The molecule has 3 nitrogen and oxygen atoms in total. The summed E-state index contributed by atoms with van der Waals surface area (Å²) in [6.07, 6.45) is 3.58. The molecule has 0 N–H and O–H groups in total. The minimum Gasteiger partial charge on any atom is -0.488 e. The van der Waals surface area contributed by atoms with E-state index in [1.165, 1.54) is 0 Å². The summed E-state index contributed by atoms with van der Waals surface area (Å²) in [6.45, 7) is 0.517. The van der Waals surface area contributed by atoms with Gasteiger partial charge in [0.25, 0.3) is 0 Å². The normalized spacial score (nSPS) is 11.1. The molecule has 4 aromatic rings. The van der Waals surface area contributed by atoms with E-state index in [-0.39, 0.29) is 0 Å². The van der Waals surface area contributed by atoms with E-state index < -0.39 is 0 Å². The molecule has 1 aromatic heterocycles. The highest BCUT2D eigenvalue weighted by Gasteiger charge is 2.07. The van der Waals surface area contributed by atoms with Crippen LogP contribution in [0.3, 0.4) is 0 Å². The lowest BCUT2D eigenvalue weighted by Crippen LogP contribution is -1.99. The molecule has 0 saturated heterocycles. The molecule has 3 aromatic carbocycles. The van der Waals surface area contributed by atoms with Crippen LogP contribution in [0.4, 0.5) is 5.82 Å². The van der Waals surface area contributed by atoms with Gasteiger partial charge in [-0.3, -0.25) is 0 Å². The fourth-order valence-corrected chi connectivity index (χ4v) is 2.83. The van der Waals surface area contributed by atoms with E-state index in [1.54, 1.807) is 6.20 Å². The second kappa shape index (κ2) is 7.62. The van der Waals surface area contributed by atoms with Gasteiger partial charge in [-0.25, -0.2) is 9.98 Å². The van der Waals surface area contributed by atoms with Crippen LogP contribution in [-0.2, 0) is 6.61 Å². The van der Waals surface area contributed by atoms with Gasteiger partial charge in [-0.2, -0.15) is 0 Å². The summed E-state index contributed by atoms with van der Waals surface area (Å²) in [5.74, 6) is 1.49.